The number of rotatable bonds is 6. The van der Waals surface area contributed by atoms with Gasteiger partial charge >= 0.3 is 0 Å². The van der Waals surface area contributed by atoms with E-state index in [4.69, 9.17) is 9.72 Å². The van der Waals surface area contributed by atoms with Crippen molar-refractivity contribution < 1.29 is 13.2 Å². The molecule has 9 nitrogen and oxygen atoms in total. The van der Waals surface area contributed by atoms with Gasteiger partial charge in [-0.3, -0.25) is 9.48 Å². The van der Waals surface area contributed by atoms with E-state index in [1.165, 1.54) is 17.0 Å². The number of aromatic nitrogens is 5. The van der Waals surface area contributed by atoms with Gasteiger partial charge in [0.05, 0.1) is 34.2 Å². The van der Waals surface area contributed by atoms with E-state index in [1.54, 1.807) is 55.6 Å². The second kappa shape index (κ2) is 7.80. The highest BCUT2D eigenvalue weighted by molar-refractivity contribution is 7.90. The maximum atomic E-state index is 12.8. The number of pyridine rings is 1. The molecule has 0 unspecified atom stereocenters. The van der Waals surface area contributed by atoms with Gasteiger partial charge in [-0.25, -0.2) is 18.4 Å². The minimum atomic E-state index is -3.46. The van der Waals surface area contributed by atoms with E-state index < -0.39 is 9.84 Å². The summed E-state index contributed by atoms with van der Waals surface area (Å²) in [5, 5.41) is 4.50. The van der Waals surface area contributed by atoms with Gasteiger partial charge in [0.1, 0.15) is 5.75 Å². The molecule has 10 heteroatoms. The largest absolute Gasteiger partial charge is 0.493 e. The first-order valence-electron chi connectivity index (χ1n) is 10.5. The highest BCUT2D eigenvalue weighted by Crippen LogP contribution is 2.37. The van der Waals surface area contributed by atoms with Crippen LogP contribution in [0.4, 0.5) is 0 Å². The molecule has 33 heavy (non-hydrogen) atoms. The first kappa shape index (κ1) is 21.3. The number of ether oxygens (including phenoxy) is 1. The van der Waals surface area contributed by atoms with Crippen LogP contribution in [0.5, 0.6) is 5.75 Å². The Morgan fingerprint density at radius 2 is 1.91 bits per heavy atom. The number of fused-ring (bicyclic) bond motifs is 1. The van der Waals surface area contributed by atoms with Crippen molar-refractivity contribution >= 4 is 20.7 Å². The van der Waals surface area contributed by atoms with Gasteiger partial charge in [-0.15, -0.1) is 0 Å². The average Bonchev–Trinajstić information content (AvgIpc) is 3.52. The van der Waals surface area contributed by atoms with Crippen molar-refractivity contribution in [2.75, 3.05) is 12.9 Å². The van der Waals surface area contributed by atoms with Crippen molar-refractivity contribution in [3.05, 3.63) is 53.3 Å². The molecular formula is C23H23N5O4S. The van der Waals surface area contributed by atoms with Gasteiger partial charge < -0.3 is 9.30 Å². The summed E-state index contributed by atoms with van der Waals surface area (Å²) in [6.07, 6.45) is 10.0. The fraction of sp³-hybridized carbons (Fsp3) is 0.304. The van der Waals surface area contributed by atoms with Gasteiger partial charge in [0, 0.05) is 50.1 Å². The lowest BCUT2D eigenvalue weighted by atomic mass is 10.0. The van der Waals surface area contributed by atoms with Crippen molar-refractivity contribution in [3.8, 4) is 28.3 Å². The molecule has 0 saturated heterocycles. The zero-order valence-electron chi connectivity index (χ0n) is 18.5. The lowest BCUT2D eigenvalue weighted by molar-refractivity contribution is 0.301. The van der Waals surface area contributed by atoms with Crippen LogP contribution in [0, 0.1) is 5.92 Å². The molecule has 0 bridgehead atoms. The Hall–Kier alpha value is -3.53. The molecule has 3 aromatic heterocycles. The predicted octanol–water partition coefficient (Wildman–Crippen LogP) is 2.59. The van der Waals surface area contributed by atoms with E-state index in [2.05, 4.69) is 10.1 Å². The Morgan fingerprint density at radius 3 is 2.58 bits per heavy atom. The van der Waals surface area contributed by atoms with Crippen LogP contribution in [0.1, 0.15) is 12.8 Å². The smallest absolute Gasteiger partial charge is 0.261 e. The van der Waals surface area contributed by atoms with E-state index >= 15 is 0 Å². The molecule has 1 aliphatic rings. The monoisotopic (exact) mass is 465 g/mol. The Bertz CT molecular complexity index is 1550. The van der Waals surface area contributed by atoms with Crippen molar-refractivity contribution in [3.63, 3.8) is 0 Å². The highest BCUT2D eigenvalue weighted by Gasteiger charge is 2.24. The van der Waals surface area contributed by atoms with Gasteiger partial charge in [-0.05, 0) is 37.0 Å². The molecule has 0 spiro atoms. The summed E-state index contributed by atoms with van der Waals surface area (Å²) in [5.41, 5.74) is 2.05. The maximum Gasteiger partial charge on any atom is 0.261 e. The van der Waals surface area contributed by atoms with Gasteiger partial charge in [-0.1, -0.05) is 0 Å². The molecule has 0 radical (unpaired) electrons. The van der Waals surface area contributed by atoms with Gasteiger partial charge in [0.2, 0.25) is 0 Å². The first-order valence-corrected chi connectivity index (χ1v) is 12.4. The lowest BCUT2D eigenvalue weighted by Crippen LogP contribution is -2.18. The molecule has 3 heterocycles. The van der Waals surface area contributed by atoms with Crippen molar-refractivity contribution in [2.45, 2.75) is 17.7 Å². The SMILES string of the molecule is Cn1cc(-c2ncc3c(=O)n(C)cc(-c4cc(S(C)(=O)=O)ccc4OCC4CC4)c3n2)cn1. The summed E-state index contributed by atoms with van der Waals surface area (Å²) in [6.45, 7) is 0.560. The van der Waals surface area contributed by atoms with Crippen molar-refractivity contribution in [1.29, 1.82) is 0 Å². The summed E-state index contributed by atoms with van der Waals surface area (Å²) in [6, 6.07) is 4.80. The van der Waals surface area contributed by atoms with E-state index in [0.29, 0.717) is 51.7 Å². The maximum absolute atomic E-state index is 12.8. The predicted molar refractivity (Wildman–Crippen MR) is 124 cm³/mol. The zero-order valence-corrected chi connectivity index (χ0v) is 19.3. The second-order valence-electron chi connectivity index (χ2n) is 8.50. The van der Waals surface area contributed by atoms with E-state index in [0.717, 1.165) is 12.8 Å². The summed E-state index contributed by atoms with van der Waals surface area (Å²) in [4.78, 5) is 22.1. The standard InChI is InChI=1S/C23H23N5O4S/c1-27-12-19(17-8-16(33(3,30)31)6-7-20(17)32-13-14-4-5-14)21-18(23(27)29)10-24-22(26-21)15-9-25-28(2)11-15/h6-12,14H,4-5,13H2,1-3H3. The Kier molecular flexibility index (Phi) is 5.04. The Morgan fingerprint density at radius 1 is 1.12 bits per heavy atom. The highest BCUT2D eigenvalue weighted by atomic mass is 32.2. The van der Waals surface area contributed by atoms with E-state index in [-0.39, 0.29) is 10.5 Å². The zero-order chi connectivity index (χ0) is 23.3. The van der Waals surface area contributed by atoms with Crippen LogP contribution in [0.2, 0.25) is 0 Å². The van der Waals surface area contributed by atoms with Crippen molar-refractivity contribution in [1.82, 2.24) is 24.3 Å². The molecule has 170 valence electrons. The summed E-state index contributed by atoms with van der Waals surface area (Å²) in [5.74, 6) is 1.49. The molecule has 0 aliphatic heterocycles. The number of hydrogen-bond acceptors (Lipinski definition) is 7. The molecule has 5 rings (SSSR count). The summed E-state index contributed by atoms with van der Waals surface area (Å²) in [7, 11) is -0.0150. The molecule has 1 fully saturated rings. The average molecular weight is 466 g/mol. The topological polar surface area (TPSA) is 109 Å². The molecule has 1 saturated carbocycles. The number of aryl methyl sites for hydroxylation is 2. The number of sulfone groups is 1. The van der Waals surface area contributed by atoms with Crippen LogP contribution in [-0.4, -0.2) is 45.6 Å². The molecule has 0 atom stereocenters. The van der Waals surface area contributed by atoms with Gasteiger partial charge in [-0.2, -0.15) is 5.10 Å². The van der Waals surface area contributed by atoms with Crippen molar-refractivity contribution in [2.24, 2.45) is 20.0 Å². The minimum Gasteiger partial charge on any atom is -0.493 e. The van der Waals surface area contributed by atoms with E-state index in [9.17, 15) is 13.2 Å². The second-order valence-corrected chi connectivity index (χ2v) is 10.5. The third-order valence-electron chi connectivity index (χ3n) is 5.72. The Labute approximate surface area is 190 Å². The third-order valence-corrected chi connectivity index (χ3v) is 6.83. The first-order chi connectivity index (χ1) is 15.7. The molecule has 0 N–H and O–H groups in total. The lowest BCUT2D eigenvalue weighted by Gasteiger charge is -2.15. The fourth-order valence-corrected chi connectivity index (χ4v) is 4.34. The fourth-order valence-electron chi connectivity index (χ4n) is 3.69. The number of nitrogens with zero attached hydrogens (tertiary/aromatic N) is 5. The van der Waals surface area contributed by atoms with Crippen LogP contribution >= 0.6 is 0 Å². The van der Waals surface area contributed by atoms with Crippen LogP contribution < -0.4 is 10.3 Å². The minimum absolute atomic E-state index is 0.166. The molecule has 1 aromatic carbocycles. The van der Waals surface area contributed by atoms with Crippen LogP contribution in [-0.2, 0) is 23.9 Å². The summed E-state index contributed by atoms with van der Waals surface area (Å²) >= 11 is 0. The number of benzene rings is 1. The Balaban J connectivity index is 1.77. The molecule has 4 aromatic rings. The van der Waals surface area contributed by atoms with E-state index in [1.807, 2.05) is 0 Å². The van der Waals surface area contributed by atoms with Gasteiger partial charge in [0.15, 0.2) is 15.7 Å². The molecule has 1 aliphatic carbocycles. The van der Waals surface area contributed by atoms with Crippen LogP contribution in [0.15, 0.2) is 52.7 Å². The van der Waals surface area contributed by atoms with Gasteiger partial charge in [0.25, 0.3) is 5.56 Å². The normalized spacial score (nSPS) is 14.0. The summed E-state index contributed by atoms with van der Waals surface area (Å²) < 4.78 is 33.8. The molecule has 0 amide bonds. The quantitative estimate of drug-likeness (QED) is 0.430. The number of hydrogen-bond donors (Lipinski definition) is 0. The molecular weight excluding hydrogens is 442 g/mol. The van der Waals surface area contributed by atoms with Crippen LogP contribution in [0.3, 0.4) is 0 Å². The third kappa shape index (κ3) is 4.13. The van der Waals surface area contributed by atoms with Crippen LogP contribution in [0.25, 0.3) is 33.4 Å².